The van der Waals surface area contributed by atoms with E-state index >= 15 is 0 Å². The molecule has 2 rings (SSSR count). The first-order valence-corrected chi connectivity index (χ1v) is 6.77. The van der Waals surface area contributed by atoms with Crippen LogP contribution in [0.4, 0.5) is 5.69 Å². The van der Waals surface area contributed by atoms with Gasteiger partial charge in [-0.15, -0.1) is 0 Å². The highest BCUT2D eigenvalue weighted by atomic mass is 16.5. The second kappa shape index (κ2) is 7.42. The SMILES string of the molecule is COCc1cc(NC(=O)CCc2ccco2)cc(C(=O)O)c1. The van der Waals surface area contributed by atoms with Crippen LogP contribution in [0.2, 0.25) is 0 Å². The maximum atomic E-state index is 11.9. The van der Waals surface area contributed by atoms with Crippen molar-refractivity contribution in [3.8, 4) is 0 Å². The number of amides is 1. The molecule has 0 fully saturated rings. The van der Waals surface area contributed by atoms with Gasteiger partial charge in [-0.2, -0.15) is 0 Å². The first-order valence-electron chi connectivity index (χ1n) is 6.77. The number of anilines is 1. The van der Waals surface area contributed by atoms with Crippen LogP contribution >= 0.6 is 0 Å². The van der Waals surface area contributed by atoms with E-state index in [-0.39, 0.29) is 24.5 Å². The molecule has 0 spiro atoms. The van der Waals surface area contributed by atoms with Gasteiger partial charge in [-0.1, -0.05) is 0 Å². The number of ether oxygens (including phenoxy) is 1. The second-order valence-electron chi connectivity index (χ2n) is 4.78. The fourth-order valence-electron chi connectivity index (χ4n) is 2.05. The minimum atomic E-state index is -1.05. The summed E-state index contributed by atoms with van der Waals surface area (Å²) in [5.41, 5.74) is 1.23. The van der Waals surface area contributed by atoms with Gasteiger partial charge in [0.15, 0.2) is 0 Å². The lowest BCUT2D eigenvalue weighted by Gasteiger charge is -2.09. The molecule has 1 heterocycles. The topological polar surface area (TPSA) is 88.8 Å². The quantitative estimate of drug-likeness (QED) is 0.821. The Morgan fingerprint density at radius 2 is 2.14 bits per heavy atom. The van der Waals surface area contributed by atoms with Gasteiger partial charge in [0.2, 0.25) is 5.91 Å². The summed E-state index contributed by atoms with van der Waals surface area (Å²) < 4.78 is 10.2. The van der Waals surface area contributed by atoms with E-state index in [1.807, 2.05) is 0 Å². The van der Waals surface area contributed by atoms with E-state index in [4.69, 9.17) is 14.3 Å². The minimum Gasteiger partial charge on any atom is -0.478 e. The van der Waals surface area contributed by atoms with E-state index in [2.05, 4.69) is 5.32 Å². The summed E-state index contributed by atoms with van der Waals surface area (Å²) >= 11 is 0. The summed E-state index contributed by atoms with van der Waals surface area (Å²) in [6, 6.07) is 8.20. The predicted octanol–water partition coefficient (Wildman–Crippen LogP) is 2.70. The number of aryl methyl sites for hydroxylation is 1. The summed E-state index contributed by atoms with van der Waals surface area (Å²) in [7, 11) is 1.52. The molecule has 0 aliphatic heterocycles. The molecule has 0 saturated heterocycles. The number of carboxylic acid groups (broad SMARTS) is 1. The number of furan rings is 1. The first-order chi connectivity index (χ1) is 10.6. The van der Waals surface area contributed by atoms with Crippen LogP contribution in [0, 0.1) is 0 Å². The molecule has 1 aromatic heterocycles. The van der Waals surface area contributed by atoms with Crippen molar-refractivity contribution >= 4 is 17.6 Å². The maximum absolute atomic E-state index is 11.9. The van der Waals surface area contributed by atoms with Gasteiger partial charge < -0.3 is 19.6 Å². The van der Waals surface area contributed by atoms with Gasteiger partial charge in [-0.05, 0) is 35.9 Å². The average Bonchev–Trinajstić information content (AvgIpc) is 2.98. The van der Waals surface area contributed by atoms with Gasteiger partial charge in [0.05, 0.1) is 18.4 Å². The smallest absolute Gasteiger partial charge is 0.335 e. The van der Waals surface area contributed by atoms with Crippen molar-refractivity contribution in [1.29, 1.82) is 0 Å². The Hall–Kier alpha value is -2.60. The van der Waals surface area contributed by atoms with Crippen molar-refractivity contribution in [2.75, 3.05) is 12.4 Å². The van der Waals surface area contributed by atoms with Gasteiger partial charge in [-0.3, -0.25) is 4.79 Å². The molecule has 0 bridgehead atoms. The first kappa shape index (κ1) is 15.8. The highest BCUT2D eigenvalue weighted by molar-refractivity contribution is 5.94. The molecule has 0 aliphatic rings. The molecule has 1 aromatic carbocycles. The van der Waals surface area contributed by atoms with Gasteiger partial charge in [0.25, 0.3) is 0 Å². The summed E-state index contributed by atoms with van der Waals surface area (Å²) in [6.07, 6.45) is 2.30. The summed E-state index contributed by atoms with van der Waals surface area (Å²) in [6.45, 7) is 0.274. The van der Waals surface area contributed by atoms with Crippen molar-refractivity contribution in [3.63, 3.8) is 0 Å². The number of carbonyl (C=O) groups is 2. The van der Waals surface area contributed by atoms with Gasteiger partial charge in [0, 0.05) is 25.6 Å². The monoisotopic (exact) mass is 303 g/mol. The maximum Gasteiger partial charge on any atom is 0.335 e. The molecule has 2 aromatic rings. The Morgan fingerprint density at radius 1 is 1.32 bits per heavy atom. The van der Waals surface area contributed by atoms with Gasteiger partial charge >= 0.3 is 5.97 Å². The van der Waals surface area contributed by atoms with E-state index in [9.17, 15) is 9.59 Å². The molecule has 0 saturated carbocycles. The number of benzene rings is 1. The van der Waals surface area contributed by atoms with Gasteiger partial charge in [-0.25, -0.2) is 4.79 Å². The molecule has 6 heteroatoms. The molecule has 0 atom stereocenters. The molecular formula is C16H17NO5. The summed E-state index contributed by atoms with van der Waals surface area (Å²) in [4.78, 5) is 23.0. The summed E-state index contributed by atoms with van der Waals surface area (Å²) in [5.74, 6) is -0.527. The standard InChI is InChI=1S/C16H17NO5/c1-21-10-11-7-12(16(19)20)9-13(8-11)17-15(18)5-4-14-3-2-6-22-14/h2-3,6-9H,4-5,10H2,1H3,(H,17,18)(H,19,20). The number of hydrogen-bond acceptors (Lipinski definition) is 4. The lowest BCUT2D eigenvalue weighted by molar-refractivity contribution is -0.116. The molecule has 0 aliphatic carbocycles. The Bertz CT molecular complexity index is 649. The third kappa shape index (κ3) is 4.46. The zero-order valence-electron chi connectivity index (χ0n) is 12.2. The van der Waals surface area contributed by atoms with Crippen molar-refractivity contribution in [2.45, 2.75) is 19.4 Å². The minimum absolute atomic E-state index is 0.107. The van der Waals surface area contributed by atoms with Crippen LogP contribution in [0.3, 0.4) is 0 Å². The third-order valence-electron chi connectivity index (χ3n) is 3.01. The van der Waals surface area contributed by atoms with Crippen LogP contribution in [-0.4, -0.2) is 24.1 Å². The Balaban J connectivity index is 2.03. The zero-order chi connectivity index (χ0) is 15.9. The number of nitrogens with one attached hydrogen (secondary N) is 1. The Morgan fingerprint density at radius 3 is 2.77 bits per heavy atom. The molecule has 0 unspecified atom stereocenters. The summed E-state index contributed by atoms with van der Waals surface area (Å²) in [5, 5.41) is 11.8. The highest BCUT2D eigenvalue weighted by Gasteiger charge is 2.10. The largest absolute Gasteiger partial charge is 0.478 e. The van der Waals surface area contributed by atoms with E-state index in [0.717, 1.165) is 5.76 Å². The predicted molar refractivity (Wildman–Crippen MR) is 79.8 cm³/mol. The molecule has 1 amide bonds. The average molecular weight is 303 g/mol. The second-order valence-corrected chi connectivity index (χ2v) is 4.78. The van der Waals surface area contributed by atoms with E-state index < -0.39 is 5.97 Å². The van der Waals surface area contributed by atoms with Crippen LogP contribution in [0.25, 0.3) is 0 Å². The number of aromatic carboxylic acids is 1. The van der Waals surface area contributed by atoms with Crippen molar-refractivity contribution in [2.24, 2.45) is 0 Å². The van der Waals surface area contributed by atoms with Crippen LogP contribution in [0.5, 0.6) is 0 Å². The lowest BCUT2D eigenvalue weighted by Crippen LogP contribution is -2.13. The highest BCUT2D eigenvalue weighted by Crippen LogP contribution is 2.17. The molecule has 0 radical (unpaired) electrons. The van der Waals surface area contributed by atoms with Crippen LogP contribution in [0.1, 0.15) is 28.1 Å². The van der Waals surface area contributed by atoms with Crippen molar-refractivity contribution < 1.29 is 23.8 Å². The molecule has 2 N–H and O–H groups in total. The van der Waals surface area contributed by atoms with E-state index in [1.165, 1.54) is 19.2 Å². The molecule has 116 valence electrons. The number of methoxy groups -OCH3 is 1. The number of hydrogen-bond donors (Lipinski definition) is 2. The van der Waals surface area contributed by atoms with Crippen molar-refractivity contribution in [3.05, 3.63) is 53.5 Å². The number of rotatable bonds is 7. The van der Waals surface area contributed by atoms with Crippen LogP contribution in [0.15, 0.2) is 41.0 Å². The van der Waals surface area contributed by atoms with Crippen LogP contribution in [-0.2, 0) is 22.6 Å². The molecule has 22 heavy (non-hydrogen) atoms. The lowest BCUT2D eigenvalue weighted by atomic mass is 10.1. The Kier molecular flexibility index (Phi) is 5.32. The molecule has 6 nitrogen and oxygen atoms in total. The fourth-order valence-corrected chi connectivity index (χ4v) is 2.05. The van der Waals surface area contributed by atoms with Crippen LogP contribution < -0.4 is 5.32 Å². The van der Waals surface area contributed by atoms with Crippen molar-refractivity contribution in [1.82, 2.24) is 0 Å². The zero-order valence-corrected chi connectivity index (χ0v) is 12.2. The fraction of sp³-hybridized carbons (Fsp3) is 0.250. The molecular weight excluding hydrogens is 286 g/mol. The Labute approximate surface area is 127 Å². The number of carbonyl (C=O) groups excluding carboxylic acids is 1. The van der Waals surface area contributed by atoms with E-state index in [0.29, 0.717) is 17.7 Å². The normalized spacial score (nSPS) is 10.4. The van der Waals surface area contributed by atoms with Gasteiger partial charge in [0.1, 0.15) is 5.76 Å². The van der Waals surface area contributed by atoms with E-state index in [1.54, 1.807) is 24.5 Å². The third-order valence-corrected chi connectivity index (χ3v) is 3.01. The number of carboxylic acids is 1.